The third kappa shape index (κ3) is 4.59. The van der Waals surface area contributed by atoms with E-state index in [0.717, 1.165) is 37.0 Å². The Morgan fingerprint density at radius 2 is 1.75 bits per heavy atom. The van der Waals surface area contributed by atoms with Gasteiger partial charge in [-0.3, -0.25) is 0 Å². The van der Waals surface area contributed by atoms with Crippen LogP contribution in [0.2, 0.25) is 0 Å². The van der Waals surface area contributed by atoms with Gasteiger partial charge in [0.25, 0.3) is 0 Å². The molecule has 138 valence electrons. The molecule has 3 unspecified atom stereocenters. The molecule has 3 rings (SSSR count). The average Bonchev–Trinajstić information content (AvgIpc) is 2.57. The maximum absolute atomic E-state index is 13.7. The van der Waals surface area contributed by atoms with E-state index >= 15 is 0 Å². The van der Waals surface area contributed by atoms with Gasteiger partial charge in [0.15, 0.2) is 0 Å². The average molecular weight is 340 g/mol. The first-order chi connectivity index (χ1) is 11.4. The van der Waals surface area contributed by atoms with Crippen molar-refractivity contribution in [3.8, 4) is 0 Å². The summed E-state index contributed by atoms with van der Waals surface area (Å²) in [4.78, 5) is 0. The molecule has 0 aromatic carbocycles. The maximum atomic E-state index is 13.7. The van der Waals surface area contributed by atoms with Gasteiger partial charge in [0.1, 0.15) is 0 Å². The van der Waals surface area contributed by atoms with Crippen molar-refractivity contribution >= 4 is 0 Å². The SMILES string of the molecule is CC1=CCC(C2CCC(CCC3CCC(C)C(F)(F)O3)CC2)CC1. The zero-order chi connectivity index (χ0) is 17.2. The van der Waals surface area contributed by atoms with Crippen LogP contribution in [0.25, 0.3) is 0 Å². The predicted molar refractivity (Wildman–Crippen MR) is 94.0 cm³/mol. The number of hydrogen-bond donors (Lipinski definition) is 0. The van der Waals surface area contributed by atoms with E-state index < -0.39 is 12.0 Å². The molecule has 0 amide bonds. The molecular weight excluding hydrogens is 306 g/mol. The summed E-state index contributed by atoms with van der Waals surface area (Å²) < 4.78 is 32.4. The fourth-order valence-electron chi connectivity index (χ4n) is 4.99. The van der Waals surface area contributed by atoms with Gasteiger partial charge in [-0.15, -0.1) is 0 Å². The third-order valence-electron chi connectivity index (χ3n) is 6.95. The second-order valence-corrected chi connectivity index (χ2v) is 8.72. The van der Waals surface area contributed by atoms with Gasteiger partial charge >= 0.3 is 6.11 Å². The summed E-state index contributed by atoms with van der Waals surface area (Å²) in [5.41, 5.74) is 1.57. The lowest BCUT2D eigenvalue weighted by atomic mass is 9.70. The van der Waals surface area contributed by atoms with Gasteiger partial charge in [-0.25, -0.2) is 0 Å². The molecule has 3 heteroatoms. The monoisotopic (exact) mass is 340 g/mol. The van der Waals surface area contributed by atoms with Crippen LogP contribution in [-0.2, 0) is 4.74 Å². The number of hydrogen-bond acceptors (Lipinski definition) is 1. The van der Waals surface area contributed by atoms with Crippen molar-refractivity contribution in [1.82, 2.24) is 0 Å². The fourth-order valence-corrected chi connectivity index (χ4v) is 4.99. The molecule has 0 spiro atoms. The highest BCUT2D eigenvalue weighted by atomic mass is 19.3. The number of alkyl halides is 2. The Bertz CT molecular complexity index is 437. The van der Waals surface area contributed by atoms with Crippen molar-refractivity contribution in [2.24, 2.45) is 23.7 Å². The van der Waals surface area contributed by atoms with Crippen LogP contribution in [0.5, 0.6) is 0 Å². The van der Waals surface area contributed by atoms with E-state index in [9.17, 15) is 8.78 Å². The smallest absolute Gasteiger partial charge is 0.317 e. The molecule has 1 nitrogen and oxygen atoms in total. The molecule has 3 aliphatic rings. The molecule has 1 saturated carbocycles. The van der Waals surface area contributed by atoms with Gasteiger partial charge in [-0.1, -0.05) is 31.4 Å². The molecule has 0 radical (unpaired) electrons. The van der Waals surface area contributed by atoms with Gasteiger partial charge in [0.2, 0.25) is 0 Å². The number of ether oxygens (including phenoxy) is 1. The van der Waals surface area contributed by atoms with Crippen LogP contribution in [0.4, 0.5) is 8.78 Å². The minimum absolute atomic E-state index is 0.222. The van der Waals surface area contributed by atoms with Gasteiger partial charge in [0, 0.05) is 5.92 Å². The van der Waals surface area contributed by atoms with Gasteiger partial charge in [0.05, 0.1) is 6.10 Å². The molecule has 0 aromatic rings. The minimum Gasteiger partial charge on any atom is -0.317 e. The van der Waals surface area contributed by atoms with Crippen LogP contribution in [0, 0.1) is 23.7 Å². The highest BCUT2D eigenvalue weighted by Gasteiger charge is 2.43. The second-order valence-electron chi connectivity index (χ2n) is 8.72. The Balaban J connectivity index is 1.37. The van der Waals surface area contributed by atoms with Crippen molar-refractivity contribution in [3.05, 3.63) is 11.6 Å². The van der Waals surface area contributed by atoms with Crippen molar-refractivity contribution in [3.63, 3.8) is 0 Å². The molecular formula is C21H34F2O. The first-order valence-corrected chi connectivity index (χ1v) is 10.2. The molecule has 1 aliphatic heterocycles. The predicted octanol–water partition coefficient (Wildman–Crippen LogP) is 6.73. The summed E-state index contributed by atoms with van der Waals surface area (Å²) in [6.45, 7) is 3.85. The summed E-state index contributed by atoms with van der Waals surface area (Å²) in [7, 11) is 0. The largest absolute Gasteiger partial charge is 0.358 e. The van der Waals surface area contributed by atoms with E-state index in [1.165, 1.54) is 44.9 Å². The summed E-state index contributed by atoms with van der Waals surface area (Å²) in [6, 6.07) is 0. The zero-order valence-electron chi connectivity index (χ0n) is 15.4. The van der Waals surface area contributed by atoms with Crippen LogP contribution in [0.15, 0.2) is 11.6 Å². The molecule has 1 saturated heterocycles. The van der Waals surface area contributed by atoms with E-state index in [-0.39, 0.29) is 6.10 Å². The maximum Gasteiger partial charge on any atom is 0.358 e. The molecule has 1 heterocycles. The van der Waals surface area contributed by atoms with Gasteiger partial charge < -0.3 is 4.74 Å². The van der Waals surface area contributed by atoms with E-state index in [1.54, 1.807) is 12.5 Å². The first-order valence-electron chi connectivity index (χ1n) is 10.2. The Labute approximate surface area is 146 Å². The Kier molecular flexibility index (Phi) is 6.00. The fraction of sp³-hybridized carbons (Fsp3) is 0.905. The van der Waals surface area contributed by atoms with Crippen molar-refractivity contribution in [1.29, 1.82) is 0 Å². The van der Waals surface area contributed by atoms with E-state index in [0.29, 0.717) is 6.42 Å². The van der Waals surface area contributed by atoms with Crippen molar-refractivity contribution < 1.29 is 13.5 Å². The minimum atomic E-state index is -2.91. The lowest BCUT2D eigenvalue weighted by Gasteiger charge is -2.37. The Morgan fingerprint density at radius 1 is 1.00 bits per heavy atom. The van der Waals surface area contributed by atoms with Gasteiger partial charge in [-0.2, -0.15) is 8.78 Å². The standard InChI is InChI=1S/C21H34F2O/c1-15-3-9-18(10-4-15)19-11-6-17(7-12-19)8-14-20-13-5-16(2)21(22,23)24-20/h3,16-20H,4-14H2,1-2H3. The molecule has 3 atom stereocenters. The molecule has 0 bridgehead atoms. The van der Waals surface area contributed by atoms with E-state index in [1.807, 2.05) is 0 Å². The van der Waals surface area contributed by atoms with Crippen LogP contribution in [0.3, 0.4) is 0 Å². The molecule has 24 heavy (non-hydrogen) atoms. The topological polar surface area (TPSA) is 9.23 Å². The number of rotatable bonds is 4. The Morgan fingerprint density at radius 3 is 2.38 bits per heavy atom. The highest BCUT2D eigenvalue weighted by Crippen LogP contribution is 2.42. The summed E-state index contributed by atoms with van der Waals surface area (Å²) in [6.07, 6.45) is 11.8. The van der Waals surface area contributed by atoms with Crippen molar-refractivity contribution in [2.45, 2.75) is 96.7 Å². The number of allylic oxidation sites excluding steroid dienone is 2. The van der Waals surface area contributed by atoms with Crippen LogP contribution < -0.4 is 0 Å². The molecule has 0 N–H and O–H groups in total. The molecule has 2 fully saturated rings. The summed E-state index contributed by atoms with van der Waals surface area (Å²) in [5.74, 6) is 1.91. The molecule has 0 aromatic heterocycles. The second kappa shape index (κ2) is 7.85. The highest BCUT2D eigenvalue weighted by molar-refractivity contribution is 5.03. The normalized spacial score (nSPS) is 40.2. The lowest BCUT2D eigenvalue weighted by Crippen LogP contribution is -2.39. The molecule has 2 aliphatic carbocycles. The summed E-state index contributed by atoms with van der Waals surface area (Å²) in [5, 5.41) is 0. The van der Waals surface area contributed by atoms with E-state index in [4.69, 9.17) is 4.74 Å². The first kappa shape index (κ1) is 18.4. The number of halogens is 2. The third-order valence-corrected chi connectivity index (χ3v) is 6.95. The van der Waals surface area contributed by atoms with E-state index in [2.05, 4.69) is 13.0 Å². The lowest BCUT2D eigenvalue weighted by molar-refractivity contribution is -0.311. The van der Waals surface area contributed by atoms with Gasteiger partial charge in [-0.05, 0) is 82.5 Å². The van der Waals surface area contributed by atoms with Crippen LogP contribution in [0.1, 0.15) is 84.5 Å². The van der Waals surface area contributed by atoms with Crippen LogP contribution in [-0.4, -0.2) is 12.2 Å². The quantitative estimate of drug-likeness (QED) is 0.516. The van der Waals surface area contributed by atoms with Crippen LogP contribution >= 0.6 is 0 Å². The zero-order valence-corrected chi connectivity index (χ0v) is 15.4. The van der Waals surface area contributed by atoms with Crippen molar-refractivity contribution in [2.75, 3.05) is 0 Å². The Hall–Kier alpha value is -0.440. The summed E-state index contributed by atoms with van der Waals surface area (Å²) >= 11 is 0.